The summed E-state index contributed by atoms with van der Waals surface area (Å²) in [5, 5.41) is 3.32. The number of hydrogen-bond donors (Lipinski definition) is 2. The minimum absolute atomic E-state index is 0.739. The van der Waals surface area contributed by atoms with Crippen LogP contribution in [-0.4, -0.2) is 15.0 Å². The molecule has 0 atom stereocenters. The average molecular weight is 317 g/mol. The molecular weight excluding hydrogens is 304 g/mol. The van der Waals surface area contributed by atoms with E-state index < -0.39 is 0 Å². The van der Waals surface area contributed by atoms with E-state index in [1.165, 1.54) is 11.1 Å². The number of pyridine rings is 1. The lowest BCUT2D eigenvalue weighted by Gasteiger charge is -2.07. The highest BCUT2D eigenvalue weighted by Gasteiger charge is 2.01. The number of nitrogens with one attached hydrogen (secondary N) is 2. The van der Waals surface area contributed by atoms with Crippen LogP contribution in [0.15, 0.2) is 41.3 Å². The van der Waals surface area contributed by atoms with Crippen LogP contribution in [0.3, 0.4) is 0 Å². The summed E-state index contributed by atoms with van der Waals surface area (Å²) in [6.07, 6.45) is 3.53. The van der Waals surface area contributed by atoms with Crippen LogP contribution in [0.25, 0.3) is 11.0 Å². The summed E-state index contributed by atoms with van der Waals surface area (Å²) in [5.41, 5.74) is 4.40. The number of halogens is 1. The van der Waals surface area contributed by atoms with Gasteiger partial charge in [0, 0.05) is 17.2 Å². The van der Waals surface area contributed by atoms with Crippen molar-refractivity contribution in [1.29, 1.82) is 0 Å². The number of H-pyrrole nitrogens is 1. The Morgan fingerprint density at radius 1 is 1.26 bits per heavy atom. The van der Waals surface area contributed by atoms with Gasteiger partial charge in [0.1, 0.15) is 5.82 Å². The molecule has 3 aromatic rings. The van der Waals surface area contributed by atoms with Crippen LogP contribution < -0.4 is 5.32 Å². The molecule has 3 rings (SSSR count). The molecule has 19 heavy (non-hydrogen) atoms. The van der Waals surface area contributed by atoms with Crippen LogP contribution in [0.4, 0.5) is 5.82 Å². The van der Waals surface area contributed by atoms with E-state index in [9.17, 15) is 0 Å². The first kappa shape index (κ1) is 12.2. The third-order valence-electron chi connectivity index (χ3n) is 3.01. The van der Waals surface area contributed by atoms with Gasteiger partial charge in [-0.2, -0.15) is 0 Å². The van der Waals surface area contributed by atoms with Crippen molar-refractivity contribution in [3.05, 3.63) is 52.4 Å². The number of aromatic nitrogens is 3. The molecule has 0 radical (unpaired) electrons. The van der Waals surface area contributed by atoms with E-state index >= 15 is 0 Å². The SMILES string of the molecule is Cc1cc(NCc2ccc3nc[nH]c3c2)ncc1Br. The number of hydrogen-bond acceptors (Lipinski definition) is 3. The van der Waals surface area contributed by atoms with Crippen molar-refractivity contribution in [2.24, 2.45) is 0 Å². The second-order valence-electron chi connectivity index (χ2n) is 4.43. The Morgan fingerprint density at radius 2 is 2.16 bits per heavy atom. The standard InChI is InChI=1S/C14H13BrN4/c1-9-4-14(17-7-11(9)15)16-6-10-2-3-12-13(5-10)19-8-18-12/h2-5,7-8H,6H2,1H3,(H,16,17)(H,18,19). The zero-order valence-electron chi connectivity index (χ0n) is 10.4. The van der Waals surface area contributed by atoms with Crippen molar-refractivity contribution in [1.82, 2.24) is 15.0 Å². The number of fused-ring (bicyclic) bond motifs is 1. The fraction of sp³-hybridized carbons (Fsp3) is 0.143. The molecule has 96 valence electrons. The maximum absolute atomic E-state index is 4.33. The summed E-state index contributed by atoms with van der Waals surface area (Å²) in [6, 6.07) is 8.21. The second kappa shape index (κ2) is 5.01. The summed E-state index contributed by atoms with van der Waals surface area (Å²) >= 11 is 3.45. The number of nitrogens with zero attached hydrogens (tertiary/aromatic N) is 2. The van der Waals surface area contributed by atoms with Gasteiger partial charge < -0.3 is 10.3 Å². The Kier molecular flexibility index (Phi) is 3.21. The quantitative estimate of drug-likeness (QED) is 0.775. The van der Waals surface area contributed by atoms with Crippen LogP contribution >= 0.6 is 15.9 Å². The van der Waals surface area contributed by atoms with Crippen molar-refractivity contribution < 1.29 is 0 Å². The minimum Gasteiger partial charge on any atom is -0.366 e. The minimum atomic E-state index is 0.739. The molecule has 0 spiro atoms. The van der Waals surface area contributed by atoms with E-state index in [0.29, 0.717) is 0 Å². The van der Waals surface area contributed by atoms with E-state index in [1.54, 1.807) is 6.33 Å². The monoisotopic (exact) mass is 316 g/mol. The van der Waals surface area contributed by atoms with Crippen molar-refractivity contribution in [2.75, 3.05) is 5.32 Å². The first-order chi connectivity index (χ1) is 9.22. The highest BCUT2D eigenvalue weighted by Crippen LogP contribution is 2.18. The fourth-order valence-corrected chi connectivity index (χ4v) is 2.14. The topological polar surface area (TPSA) is 53.6 Å². The Labute approximate surface area is 119 Å². The first-order valence-corrected chi connectivity index (χ1v) is 6.80. The van der Waals surface area contributed by atoms with Gasteiger partial charge in [-0.05, 0) is 52.2 Å². The van der Waals surface area contributed by atoms with E-state index in [4.69, 9.17) is 0 Å². The number of benzene rings is 1. The summed E-state index contributed by atoms with van der Waals surface area (Å²) in [4.78, 5) is 11.6. The molecule has 0 saturated heterocycles. The third-order valence-corrected chi connectivity index (χ3v) is 3.84. The lowest BCUT2D eigenvalue weighted by atomic mass is 10.2. The normalized spacial score (nSPS) is 10.8. The Balaban J connectivity index is 1.75. The van der Waals surface area contributed by atoms with Gasteiger partial charge in [-0.15, -0.1) is 0 Å². The van der Waals surface area contributed by atoms with Crippen molar-refractivity contribution >= 4 is 32.8 Å². The van der Waals surface area contributed by atoms with Gasteiger partial charge in [-0.3, -0.25) is 0 Å². The number of aryl methyl sites for hydroxylation is 1. The number of aromatic amines is 1. The predicted octanol–water partition coefficient (Wildman–Crippen LogP) is 3.64. The Bertz CT molecular complexity index is 720. The molecule has 5 heteroatoms. The van der Waals surface area contributed by atoms with E-state index in [1.807, 2.05) is 25.3 Å². The number of rotatable bonds is 3. The molecule has 4 nitrogen and oxygen atoms in total. The molecule has 1 aromatic carbocycles. The molecule has 2 heterocycles. The molecule has 0 amide bonds. The molecule has 2 N–H and O–H groups in total. The lowest BCUT2D eigenvalue weighted by molar-refractivity contribution is 1.10. The maximum atomic E-state index is 4.33. The van der Waals surface area contributed by atoms with Gasteiger partial charge >= 0.3 is 0 Å². The number of imidazole rings is 1. The lowest BCUT2D eigenvalue weighted by Crippen LogP contribution is -2.01. The molecule has 2 aromatic heterocycles. The van der Waals surface area contributed by atoms with E-state index in [2.05, 4.69) is 48.3 Å². The molecule has 0 bridgehead atoms. The molecule has 0 saturated carbocycles. The van der Waals surface area contributed by atoms with E-state index in [-0.39, 0.29) is 0 Å². The molecular formula is C14H13BrN4. The van der Waals surface area contributed by atoms with Gasteiger partial charge in [0.05, 0.1) is 17.4 Å². The zero-order chi connectivity index (χ0) is 13.2. The Morgan fingerprint density at radius 3 is 3.00 bits per heavy atom. The summed E-state index contributed by atoms with van der Waals surface area (Å²) in [7, 11) is 0. The summed E-state index contributed by atoms with van der Waals surface area (Å²) < 4.78 is 1.02. The van der Waals surface area contributed by atoms with E-state index in [0.717, 1.165) is 27.9 Å². The van der Waals surface area contributed by atoms with Crippen LogP contribution in [0.2, 0.25) is 0 Å². The summed E-state index contributed by atoms with van der Waals surface area (Å²) in [5.74, 6) is 0.880. The largest absolute Gasteiger partial charge is 0.366 e. The smallest absolute Gasteiger partial charge is 0.126 e. The molecule has 0 aliphatic rings. The van der Waals surface area contributed by atoms with Crippen molar-refractivity contribution in [3.63, 3.8) is 0 Å². The highest BCUT2D eigenvalue weighted by atomic mass is 79.9. The summed E-state index contributed by atoms with van der Waals surface area (Å²) in [6.45, 7) is 2.79. The maximum Gasteiger partial charge on any atom is 0.126 e. The highest BCUT2D eigenvalue weighted by molar-refractivity contribution is 9.10. The van der Waals surface area contributed by atoms with Gasteiger partial charge in [-0.1, -0.05) is 6.07 Å². The van der Waals surface area contributed by atoms with Gasteiger partial charge in [-0.25, -0.2) is 9.97 Å². The number of anilines is 1. The predicted molar refractivity (Wildman–Crippen MR) is 80.1 cm³/mol. The van der Waals surface area contributed by atoms with Crippen LogP contribution in [0, 0.1) is 6.92 Å². The van der Waals surface area contributed by atoms with Crippen LogP contribution in [0.1, 0.15) is 11.1 Å². The molecule has 0 unspecified atom stereocenters. The van der Waals surface area contributed by atoms with Gasteiger partial charge in [0.2, 0.25) is 0 Å². The molecule has 0 aliphatic carbocycles. The molecule has 0 aliphatic heterocycles. The Hall–Kier alpha value is -1.88. The second-order valence-corrected chi connectivity index (χ2v) is 5.28. The third kappa shape index (κ3) is 2.61. The van der Waals surface area contributed by atoms with Crippen molar-refractivity contribution in [3.8, 4) is 0 Å². The van der Waals surface area contributed by atoms with Crippen molar-refractivity contribution in [2.45, 2.75) is 13.5 Å². The van der Waals surface area contributed by atoms with Crippen LogP contribution in [-0.2, 0) is 6.54 Å². The first-order valence-electron chi connectivity index (χ1n) is 6.00. The molecule has 0 fully saturated rings. The van der Waals surface area contributed by atoms with Crippen LogP contribution in [0.5, 0.6) is 0 Å². The van der Waals surface area contributed by atoms with Gasteiger partial charge in [0.15, 0.2) is 0 Å². The average Bonchev–Trinajstić information content (AvgIpc) is 2.87. The fourth-order valence-electron chi connectivity index (χ4n) is 1.92. The van der Waals surface area contributed by atoms with Gasteiger partial charge in [0.25, 0.3) is 0 Å². The zero-order valence-corrected chi connectivity index (χ0v) is 12.0.